The molecule has 0 bridgehead atoms. The summed E-state index contributed by atoms with van der Waals surface area (Å²) in [6.07, 6.45) is 2.86. The summed E-state index contributed by atoms with van der Waals surface area (Å²) in [5.41, 5.74) is 0.692. The van der Waals surface area contributed by atoms with E-state index in [1.165, 1.54) is 6.42 Å². The van der Waals surface area contributed by atoms with Gasteiger partial charge in [0.25, 0.3) is 0 Å². The predicted octanol–water partition coefficient (Wildman–Crippen LogP) is 2.11. The van der Waals surface area contributed by atoms with E-state index >= 15 is 0 Å². The SMILES string of the molecule is CNCC1CCCN(C(=O)CCC(=O)c2ccccc2)C1. The van der Waals surface area contributed by atoms with Gasteiger partial charge in [-0.25, -0.2) is 0 Å². The highest BCUT2D eigenvalue weighted by atomic mass is 16.2. The summed E-state index contributed by atoms with van der Waals surface area (Å²) in [7, 11) is 1.94. The van der Waals surface area contributed by atoms with Crippen molar-refractivity contribution in [3.8, 4) is 0 Å². The molecule has 1 aromatic rings. The van der Waals surface area contributed by atoms with Crippen LogP contribution in [0.5, 0.6) is 0 Å². The molecule has 1 aromatic carbocycles. The topological polar surface area (TPSA) is 49.4 Å². The van der Waals surface area contributed by atoms with Gasteiger partial charge in [-0.1, -0.05) is 30.3 Å². The lowest BCUT2D eigenvalue weighted by atomic mass is 9.97. The molecule has 4 nitrogen and oxygen atoms in total. The predicted molar refractivity (Wildman–Crippen MR) is 83.2 cm³/mol. The average Bonchev–Trinajstić information content (AvgIpc) is 2.53. The Morgan fingerprint density at radius 2 is 2.00 bits per heavy atom. The highest BCUT2D eigenvalue weighted by Gasteiger charge is 2.23. The molecular weight excluding hydrogens is 264 g/mol. The van der Waals surface area contributed by atoms with E-state index in [0.717, 1.165) is 26.1 Å². The van der Waals surface area contributed by atoms with Gasteiger partial charge in [0.2, 0.25) is 5.91 Å². The van der Waals surface area contributed by atoms with Crippen molar-refractivity contribution in [1.82, 2.24) is 10.2 Å². The van der Waals surface area contributed by atoms with E-state index < -0.39 is 0 Å². The first-order valence-electron chi connectivity index (χ1n) is 7.71. The van der Waals surface area contributed by atoms with Crippen LogP contribution in [-0.4, -0.2) is 43.3 Å². The Morgan fingerprint density at radius 1 is 1.24 bits per heavy atom. The van der Waals surface area contributed by atoms with Gasteiger partial charge >= 0.3 is 0 Å². The standard InChI is InChI=1S/C17H24N2O2/c1-18-12-14-6-5-11-19(13-14)17(21)10-9-16(20)15-7-3-2-4-8-15/h2-4,7-8,14,18H,5-6,9-13H2,1H3. The largest absolute Gasteiger partial charge is 0.342 e. The minimum absolute atomic E-state index is 0.0488. The number of carbonyl (C=O) groups excluding carboxylic acids is 2. The second kappa shape index (κ2) is 7.93. The number of benzene rings is 1. The molecule has 0 saturated carbocycles. The highest BCUT2D eigenvalue weighted by Crippen LogP contribution is 2.17. The number of likely N-dealkylation sites (tertiary alicyclic amines) is 1. The highest BCUT2D eigenvalue weighted by molar-refractivity contribution is 5.97. The van der Waals surface area contributed by atoms with Crippen molar-refractivity contribution in [2.45, 2.75) is 25.7 Å². The lowest BCUT2D eigenvalue weighted by Gasteiger charge is -2.32. The van der Waals surface area contributed by atoms with Gasteiger partial charge in [0.05, 0.1) is 0 Å². The molecule has 4 heteroatoms. The summed E-state index contributed by atoms with van der Waals surface area (Å²) in [6, 6.07) is 9.19. The molecule has 2 rings (SSSR count). The van der Waals surface area contributed by atoms with Crippen molar-refractivity contribution in [3.05, 3.63) is 35.9 Å². The number of Topliss-reactive ketones (excluding diaryl/α,β-unsaturated/α-hetero) is 1. The summed E-state index contributed by atoms with van der Waals surface area (Å²) < 4.78 is 0. The molecular formula is C17H24N2O2. The second-order valence-corrected chi connectivity index (χ2v) is 5.69. The van der Waals surface area contributed by atoms with E-state index in [1.807, 2.05) is 30.1 Å². The van der Waals surface area contributed by atoms with E-state index in [2.05, 4.69) is 5.32 Å². The Bertz CT molecular complexity index is 471. The zero-order chi connectivity index (χ0) is 15.1. The molecule has 0 aromatic heterocycles. The molecule has 0 radical (unpaired) electrons. The van der Waals surface area contributed by atoms with Gasteiger partial charge in [-0.3, -0.25) is 9.59 Å². The quantitative estimate of drug-likeness (QED) is 0.816. The third kappa shape index (κ3) is 4.67. The average molecular weight is 288 g/mol. The number of piperidine rings is 1. The molecule has 1 unspecified atom stereocenters. The van der Waals surface area contributed by atoms with Crippen LogP contribution in [0.25, 0.3) is 0 Å². The van der Waals surface area contributed by atoms with Gasteiger partial charge in [0.1, 0.15) is 0 Å². The van der Waals surface area contributed by atoms with Crippen LogP contribution in [0.2, 0.25) is 0 Å². The Labute approximate surface area is 126 Å². The first-order chi connectivity index (χ1) is 10.2. The minimum atomic E-state index is 0.0488. The number of carbonyl (C=O) groups is 2. The van der Waals surface area contributed by atoms with E-state index in [9.17, 15) is 9.59 Å². The van der Waals surface area contributed by atoms with Crippen LogP contribution in [0, 0.1) is 5.92 Å². The molecule has 1 N–H and O–H groups in total. The Morgan fingerprint density at radius 3 is 2.71 bits per heavy atom. The molecule has 114 valence electrons. The van der Waals surface area contributed by atoms with Crippen LogP contribution in [0.1, 0.15) is 36.0 Å². The summed E-state index contributed by atoms with van der Waals surface area (Å²) in [4.78, 5) is 26.2. The van der Waals surface area contributed by atoms with Crippen LogP contribution < -0.4 is 5.32 Å². The fourth-order valence-corrected chi connectivity index (χ4v) is 2.89. The lowest BCUT2D eigenvalue weighted by Crippen LogP contribution is -2.42. The third-order valence-electron chi connectivity index (χ3n) is 4.03. The van der Waals surface area contributed by atoms with Crippen molar-refractivity contribution in [2.75, 3.05) is 26.7 Å². The Balaban J connectivity index is 1.80. The number of ketones is 1. The molecule has 1 atom stereocenters. The molecule has 0 aliphatic carbocycles. The molecule has 1 fully saturated rings. The number of nitrogens with one attached hydrogen (secondary N) is 1. The maximum Gasteiger partial charge on any atom is 0.223 e. The fourth-order valence-electron chi connectivity index (χ4n) is 2.89. The number of hydrogen-bond acceptors (Lipinski definition) is 3. The number of nitrogens with zero attached hydrogens (tertiary/aromatic N) is 1. The fraction of sp³-hybridized carbons (Fsp3) is 0.529. The van der Waals surface area contributed by atoms with Crippen molar-refractivity contribution in [2.24, 2.45) is 5.92 Å². The van der Waals surface area contributed by atoms with Crippen LogP contribution >= 0.6 is 0 Å². The zero-order valence-electron chi connectivity index (χ0n) is 12.7. The molecule has 1 aliphatic heterocycles. The number of rotatable bonds is 6. The van der Waals surface area contributed by atoms with Crippen molar-refractivity contribution < 1.29 is 9.59 Å². The first kappa shape index (κ1) is 15.7. The van der Waals surface area contributed by atoms with Gasteiger partial charge in [0.15, 0.2) is 5.78 Å². The molecule has 1 amide bonds. The Hall–Kier alpha value is -1.68. The molecule has 1 saturated heterocycles. The summed E-state index contributed by atoms with van der Waals surface area (Å²) in [6.45, 7) is 2.60. The van der Waals surface area contributed by atoms with Gasteiger partial charge < -0.3 is 10.2 Å². The summed E-state index contributed by atoms with van der Waals surface area (Å²) >= 11 is 0. The Kier molecular flexibility index (Phi) is 5.93. The maximum atomic E-state index is 12.2. The minimum Gasteiger partial charge on any atom is -0.342 e. The zero-order valence-corrected chi connectivity index (χ0v) is 12.7. The van der Waals surface area contributed by atoms with Crippen molar-refractivity contribution in [1.29, 1.82) is 0 Å². The van der Waals surface area contributed by atoms with Gasteiger partial charge in [-0.05, 0) is 32.4 Å². The van der Waals surface area contributed by atoms with Gasteiger partial charge in [-0.2, -0.15) is 0 Å². The van der Waals surface area contributed by atoms with Gasteiger partial charge in [0, 0.05) is 31.5 Å². The van der Waals surface area contributed by atoms with Crippen LogP contribution in [0.3, 0.4) is 0 Å². The molecule has 0 spiro atoms. The third-order valence-corrected chi connectivity index (χ3v) is 4.03. The lowest BCUT2D eigenvalue weighted by molar-refractivity contribution is -0.132. The van der Waals surface area contributed by atoms with Crippen LogP contribution in [0.15, 0.2) is 30.3 Å². The molecule has 1 heterocycles. The molecule has 21 heavy (non-hydrogen) atoms. The maximum absolute atomic E-state index is 12.2. The smallest absolute Gasteiger partial charge is 0.223 e. The van der Waals surface area contributed by atoms with Crippen molar-refractivity contribution >= 4 is 11.7 Å². The second-order valence-electron chi connectivity index (χ2n) is 5.69. The van der Waals surface area contributed by atoms with Crippen molar-refractivity contribution in [3.63, 3.8) is 0 Å². The van der Waals surface area contributed by atoms with Crippen LogP contribution in [0.4, 0.5) is 0 Å². The van der Waals surface area contributed by atoms with E-state index in [0.29, 0.717) is 24.3 Å². The first-order valence-corrected chi connectivity index (χ1v) is 7.71. The van der Waals surface area contributed by atoms with E-state index in [4.69, 9.17) is 0 Å². The van der Waals surface area contributed by atoms with Gasteiger partial charge in [-0.15, -0.1) is 0 Å². The molecule has 1 aliphatic rings. The summed E-state index contributed by atoms with van der Waals surface area (Å²) in [5, 5.41) is 3.18. The monoisotopic (exact) mass is 288 g/mol. The van der Waals surface area contributed by atoms with E-state index in [1.54, 1.807) is 12.1 Å². The van der Waals surface area contributed by atoms with Crippen LogP contribution in [-0.2, 0) is 4.79 Å². The normalized spacial score (nSPS) is 18.5. The summed E-state index contributed by atoms with van der Waals surface area (Å²) in [5.74, 6) is 0.699. The number of amides is 1. The number of hydrogen-bond donors (Lipinski definition) is 1. The van der Waals surface area contributed by atoms with E-state index in [-0.39, 0.29) is 11.7 Å².